The minimum absolute atomic E-state index is 0.265. The molecule has 0 radical (unpaired) electrons. The molecule has 0 bridgehead atoms. The Hall–Kier alpha value is -1.10. The summed E-state index contributed by atoms with van der Waals surface area (Å²) in [6.45, 7) is 3.68. The standard InChI is InChI=1S/C9H12N2O2S/c1-6-4-10-9(11-5-6)14-7(2)8(12)13-3/h4-5,7H,1-3H3. The second-order valence-electron chi connectivity index (χ2n) is 2.83. The first-order valence-corrected chi connectivity index (χ1v) is 5.04. The minimum atomic E-state index is -0.275. The van der Waals surface area contributed by atoms with Crippen LogP contribution in [0, 0.1) is 6.92 Å². The van der Waals surface area contributed by atoms with E-state index in [0.29, 0.717) is 5.16 Å². The summed E-state index contributed by atoms with van der Waals surface area (Å²) in [6, 6.07) is 0. The van der Waals surface area contributed by atoms with Gasteiger partial charge < -0.3 is 4.74 Å². The quantitative estimate of drug-likeness (QED) is 0.431. The molecule has 0 saturated heterocycles. The van der Waals surface area contributed by atoms with Crippen molar-refractivity contribution in [1.29, 1.82) is 0 Å². The van der Waals surface area contributed by atoms with Crippen molar-refractivity contribution in [3.05, 3.63) is 18.0 Å². The van der Waals surface area contributed by atoms with Gasteiger partial charge in [-0.15, -0.1) is 0 Å². The van der Waals surface area contributed by atoms with Crippen LogP contribution in [0.4, 0.5) is 0 Å². The molecule has 0 N–H and O–H groups in total. The second kappa shape index (κ2) is 4.95. The summed E-state index contributed by atoms with van der Waals surface area (Å²) in [5.41, 5.74) is 1.00. The van der Waals surface area contributed by atoms with E-state index in [0.717, 1.165) is 5.56 Å². The molecule has 0 aliphatic heterocycles. The fourth-order valence-electron chi connectivity index (χ4n) is 0.814. The topological polar surface area (TPSA) is 52.1 Å². The fourth-order valence-corrected chi connectivity index (χ4v) is 1.55. The van der Waals surface area contributed by atoms with Crippen molar-refractivity contribution < 1.29 is 9.53 Å². The van der Waals surface area contributed by atoms with Crippen LogP contribution in [0.3, 0.4) is 0 Å². The summed E-state index contributed by atoms with van der Waals surface area (Å²) in [5, 5.41) is 0.316. The maximum absolute atomic E-state index is 11.1. The molecule has 0 amide bonds. The lowest BCUT2D eigenvalue weighted by molar-refractivity contribution is -0.139. The molecule has 0 aliphatic carbocycles. The van der Waals surface area contributed by atoms with Gasteiger partial charge in [0.15, 0.2) is 5.16 Å². The third kappa shape index (κ3) is 2.99. The van der Waals surface area contributed by atoms with Crippen LogP contribution in [0.1, 0.15) is 12.5 Å². The Balaban J connectivity index is 2.60. The highest BCUT2D eigenvalue weighted by Crippen LogP contribution is 2.19. The molecule has 4 nitrogen and oxygen atoms in total. The van der Waals surface area contributed by atoms with Crippen LogP contribution in [0.15, 0.2) is 17.6 Å². The molecular formula is C9H12N2O2S. The highest BCUT2D eigenvalue weighted by atomic mass is 32.2. The summed E-state index contributed by atoms with van der Waals surface area (Å²) in [7, 11) is 1.37. The van der Waals surface area contributed by atoms with Crippen LogP contribution in [0.2, 0.25) is 0 Å². The van der Waals surface area contributed by atoms with Crippen molar-refractivity contribution in [2.45, 2.75) is 24.3 Å². The van der Waals surface area contributed by atoms with Gasteiger partial charge in [0.05, 0.1) is 7.11 Å². The predicted octanol–water partition coefficient (Wildman–Crippen LogP) is 1.44. The summed E-state index contributed by atoms with van der Waals surface area (Å²) >= 11 is 1.29. The average Bonchev–Trinajstić information content (AvgIpc) is 2.20. The van der Waals surface area contributed by atoms with Gasteiger partial charge in [-0.25, -0.2) is 9.97 Å². The van der Waals surface area contributed by atoms with Gasteiger partial charge in [-0.1, -0.05) is 11.8 Å². The largest absolute Gasteiger partial charge is 0.468 e. The molecule has 14 heavy (non-hydrogen) atoms. The summed E-state index contributed by atoms with van der Waals surface area (Å²) in [5.74, 6) is -0.265. The Bertz CT molecular complexity index is 313. The molecule has 1 unspecified atom stereocenters. The van der Waals surface area contributed by atoms with Crippen LogP contribution >= 0.6 is 11.8 Å². The highest BCUT2D eigenvalue weighted by molar-refractivity contribution is 8.00. The van der Waals surface area contributed by atoms with E-state index in [1.165, 1.54) is 18.9 Å². The van der Waals surface area contributed by atoms with Gasteiger partial charge >= 0.3 is 5.97 Å². The SMILES string of the molecule is COC(=O)C(C)Sc1ncc(C)cn1. The molecule has 1 atom stereocenters. The molecule has 1 aromatic heterocycles. The van der Waals surface area contributed by atoms with E-state index in [4.69, 9.17) is 0 Å². The van der Waals surface area contributed by atoms with Crippen molar-refractivity contribution in [3.63, 3.8) is 0 Å². The van der Waals surface area contributed by atoms with E-state index >= 15 is 0 Å². The van der Waals surface area contributed by atoms with Crippen LogP contribution in [0.5, 0.6) is 0 Å². The number of hydrogen-bond acceptors (Lipinski definition) is 5. The predicted molar refractivity (Wildman–Crippen MR) is 54.1 cm³/mol. The molecule has 1 heterocycles. The Morgan fingerprint density at radius 3 is 2.57 bits per heavy atom. The summed E-state index contributed by atoms with van der Waals surface area (Å²) < 4.78 is 4.59. The van der Waals surface area contributed by atoms with Gasteiger partial charge in [-0.2, -0.15) is 0 Å². The van der Waals surface area contributed by atoms with Crippen molar-refractivity contribution >= 4 is 17.7 Å². The third-order valence-electron chi connectivity index (χ3n) is 1.57. The summed E-state index contributed by atoms with van der Waals surface area (Å²) in [4.78, 5) is 19.2. The smallest absolute Gasteiger partial charge is 0.318 e. The second-order valence-corrected chi connectivity index (χ2v) is 4.13. The van der Waals surface area contributed by atoms with Gasteiger partial charge in [0.2, 0.25) is 0 Å². The van der Waals surface area contributed by atoms with Crippen LogP contribution in [0.25, 0.3) is 0 Å². The van der Waals surface area contributed by atoms with Crippen molar-refractivity contribution in [3.8, 4) is 0 Å². The number of carbonyl (C=O) groups is 1. The number of carbonyl (C=O) groups excluding carboxylic acids is 1. The molecule has 0 spiro atoms. The van der Waals surface area contributed by atoms with E-state index in [1.54, 1.807) is 19.3 Å². The monoisotopic (exact) mass is 212 g/mol. The lowest BCUT2D eigenvalue weighted by Crippen LogP contribution is -2.15. The molecule has 0 aliphatic rings. The minimum Gasteiger partial charge on any atom is -0.468 e. The number of aromatic nitrogens is 2. The van der Waals surface area contributed by atoms with E-state index in [1.807, 2.05) is 6.92 Å². The number of aryl methyl sites for hydroxylation is 1. The first-order chi connectivity index (χ1) is 6.63. The maximum Gasteiger partial charge on any atom is 0.318 e. The van der Waals surface area contributed by atoms with Crippen LogP contribution in [-0.4, -0.2) is 28.3 Å². The van der Waals surface area contributed by atoms with Crippen molar-refractivity contribution in [2.24, 2.45) is 0 Å². The number of ether oxygens (including phenoxy) is 1. The Kier molecular flexibility index (Phi) is 3.88. The van der Waals surface area contributed by atoms with Crippen LogP contribution in [-0.2, 0) is 9.53 Å². The molecule has 0 fully saturated rings. The molecule has 1 aromatic rings. The van der Waals surface area contributed by atoms with Gasteiger partial charge in [0, 0.05) is 12.4 Å². The maximum atomic E-state index is 11.1. The molecule has 0 saturated carbocycles. The van der Waals surface area contributed by atoms with Crippen molar-refractivity contribution in [2.75, 3.05) is 7.11 Å². The Labute approximate surface area is 87.1 Å². The number of esters is 1. The third-order valence-corrected chi connectivity index (χ3v) is 2.54. The van der Waals surface area contributed by atoms with E-state index in [-0.39, 0.29) is 11.2 Å². The van der Waals surface area contributed by atoms with E-state index < -0.39 is 0 Å². The average molecular weight is 212 g/mol. The zero-order valence-electron chi connectivity index (χ0n) is 8.35. The van der Waals surface area contributed by atoms with E-state index in [9.17, 15) is 4.79 Å². The number of rotatable bonds is 3. The van der Waals surface area contributed by atoms with E-state index in [2.05, 4.69) is 14.7 Å². The molecule has 76 valence electrons. The molecular weight excluding hydrogens is 200 g/mol. The van der Waals surface area contributed by atoms with Crippen molar-refractivity contribution in [1.82, 2.24) is 9.97 Å². The normalized spacial score (nSPS) is 12.2. The summed E-state index contributed by atoms with van der Waals surface area (Å²) in [6.07, 6.45) is 3.44. The van der Waals surface area contributed by atoms with Gasteiger partial charge in [0.25, 0.3) is 0 Å². The number of hydrogen-bond donors (Lipinski definition) is 0. The van der Waals surface area contributed by atoms with Crippen LogP contribution < -0.4 is 0 Å². The Morgan fingerprint density at radius 2 is 2.07 bits per heavy atom. The first kappa shape index (κ1) is 11.0. The number of nitrogens with zero attached hydrogens (tertiary/aromatic N) is 2. The zero-order chi connectivity index (χ0) is 10.6. The Morgan fingerprint density at radius 1 is 1.50 bits per heavy atom. The van der Waals surface area contributed by atoms with Gasteiger partial charge in [-0.05, 0) is 19.4 Å². The fraction of sp³-hybridized carbons (Fsp3) is 0.444. The molecule has 5 heteroatoms. The first-order valence-electron chi connectivity index (χ1n) is 4.16. The number of thioether (sulfide) groups is 1. The highest BCUT2D eigenvalue weighted by Gasteiger charge is 2.15. The number of methoxy groups -OCH3 is 1. The molecule has 0 aromatic carbocycles. The zero-order valence-corrected chi connectivity index (χ0v) is 9.17. The van der Waals surface area contributed by atoms with Gasteiger partial charge in [-0.3, -0.25) is 4.79 Å². The lowest BCUT2D eigenvalue weighted by Gasteiger charge is -2.06. The van der Waals surface area contributed by atoms with Gasteiger partial charge in [0.1, 0.15) is 5.25 Å². The molecule has 1 rings (SSSR count). The lowest BCUT2D eigenvalue weighted by atomic mass is 10.4.